The number of ether oxygens (including phenoxy) is 1. The summed E-state index contributed by atoms with van der Waals surface area (Å²) in [6, 6.07) is 7.65. The van der Waals surface area contributed by atoms with E-state index >= 15 is 0 Å². The van der Waals surface area contributed by atoms with Crippen LogP contribution in [-0.4, -0.2) is 82.2 Å². The van der Waals surface area contributed by atoms with E-state index in [-0.39, 0.29) is 18.0 Å². The van der Waals surface area contributed by atoms with Gasteiger partial charge in [0.1, 0.15) is 17.4 Å². The number of hydrogen-bond donors (Lipinski definition) is 1. The number of rotatable bonds is 2. The third kappa shape index (κ3) is 7.10. The van der Waals surface area contributed by atoms with E-state index in [1.54, 1.807) is 11.0 Å². The van der Waals surface area contributed by atoms with Gasteiger partial charge in [-0.3, -0.25) is 14.6 Å². The molecule has 0 radical (unpaired) electrons. The van der Waals surface area contributed by atoms with Crippen molar-refractivity contribution in [3.63, 3.8) is 0 Å². The Morgan fingerprint density at radius 1 is 0.939 bits per heavy atom. The SMILES string of the molecule is CC(C)(C)OC(=O)N1CCC[C@@H]1C(=O)N1CCCN(C2CCC2)CC1.Cc1ccccc1O. The van der Waals surface area contributed by atoms with Crippen LogP contribution >= 0.6 is 0 Å². The van der Waals surface area contributed by atoms with Crippen molar-refractivity contribution in [2.75, 3.05) is 32.7 Å². The summed E-state index contributed by atoms with van der Waals surface area (Å²) in [6.07, 6.45) is 6.26. The van der Waals surface area contributed by atoms with Crippen molar-refractivity contribution >= 4 is 12.0 Å². The van der Waals surface area contributed by atoms with Crippen LogP contribution in [-0.2, 0) is 9.53 Å². The molecule has 1 N–H and O–H groups in total. The summed E-state index contributed by atoms with van der Waals surface area (Å²) in [6.45, 7) is 11.7. The molecule has 1 aliphatic carbocycles. The molecule has 0 aromatic heterocycles. The van der Waals surface area contributed by atoms with E-state index in [9.17, 15) is 9.59 Å². The number of carbonyl (C=O) groups excluding carboxylic acids is 2. The van der Waals surface area contributed by atoms with Crippen LogP contribution in [0, 0.1) is 6.92 Å². The zero-order valence-electron chi connectivity index (χ0n) is 20.8. The van der Waals surface area contributed by atoms with E-state index in [2.05, 4.69) is 4.90 Å². The number of phenolic OH excluding ortho intramolecular Hbond substituents is 1. The van der Waals surface area contributed by atoms with E-state index in [4.69, 9.17) is 9.84 Å². The molecule has 1 saturated carbocycles. The number of para-hydroxylation sites is 1. The molecule has 33 heavy (non-hydrogen) atoms. The first-order valence-corrected chi connectivity index (χ1v) is 12.4. The molecular weight excluding hydrogens is 418 g/mol. The van der Waals surface area contributed by atoms with Crippen molar-refractivity contribution in [3.05, 3.63) is 29.8 Å². The number of benzene rings is 1. The molecule has 1 aromatic rings. The molecular formula is C26H41N3O4. The number of phenols is 1. The quantitative estimate of drug-likeness (QED) is 0.718. The number of hydrogen-bond acceptors (Lipinski definition) is 5. The normalized spacial score (nSPS) is 22.1. The Kier molecular flexibility index (Phi) is 8.63. The van der Waals surface area contributed by atoms with Gasteiger partial charge >= 0.3 is 6.09 Å². The molecule has 0 spiro atoms. The highest BCUT2D eigenvalue weighted by Crippen LogP contribution is 2.27. The highest BCUT2D eigenvalue weighted by Gasteiger charge is 2.39. The molecule has 2 saturated heterocycles. The molecule has 0 unspecified atom stereocenters. The Morgan fingerprint density at radius 2 is 1.67 bits per heavy atom. The summed E-state index contributed by atoms with van der Waals surface area (Å²) < 4.78 is 5.49. The van der Waals surface area contributed by atoms with Crippen molar-refractivity contribution in [1.82, 2.24) is 14.7 Å². The van der Waals surface area contributed by atoms with E-state index < -0.39 is 5.60 Å². The van der Waals surface area contributed by atoms with Crippen molar-refractivity contribution in [1.29, 1.82) is 0 Å². The van der Waals surface area contributed by atoms with Gasteiger partial charge in [-0.05, 0) is 71.4 Å². The monoisotopic (exact) mass is 459 g/mol. The average molecular weight is 460 g/mol. The number of carbonyl (C=O) groups is 2. The minimum absolute atomic E-state index is 0.110. The van der Waals surface area contributed by atoms with Crippen molar-refractivity contribution < 1.29 is 19.4 Å². The molecule has 2 amide bonds. The van der Waals surface area contributed by atoms with Crippen molar-refractivity contribution in [3.8, 4) is 5.75 Å². The summed E-state index contributed by atoms with van der Waals surface area (Å²) >= 11 is 0. The third-order valence-corrected chi connectivity index (χ3v) is 6.71. The zero-order valence-corrected chi connectivity index (χ0v) is 20.8. The van der Waals surface area contributed by atoms with Crippen LogP contribution in [0.15, 0.2) is 24.3 Å². The number of amides is 2. The first kappa shape index (κ1) is 25.3. The molecule has 4 rings (SSSR count). The fraction of sp³-hybridized carbons (Fsp3) is 0.692. The number of aromatic hydroxyl groups is 1. The third-order valence-electron chi connectivity index (χ3n) is 6.71. The Labute approximate surface area is 198 Å². The zero-order chi connectivity index (χ0) is 24.0. The van der Waals surface area contributed by atoms with Gasteiger partial charge < -0.3 is 14.7 Å². The molecule has 3 fully saturated rings. The molecule has 184 valence electrons. The van der Waals surface area contributed by atoms with Gasteiger partial charge in [0.05, 0.1) is 0 Å². The predicted molar refractivity (Wildman–Crippen MR) is 129 cm³/mol. The second kappa shape index (κ2) is 11.2. The standard InChI is InChI=1S/C19H33N3O3.C7H8O/c1-19(2,3)25-18(24)22-12-5-9-16(22)17(23)21-11-6-10-20(13-14-21)15-7-4-8-15;1-6-4-2-3-5-7(6)8/h15-16H,4-14H2,1-3H3;2-5,8H,1H3/t16-;/m1./s1. The fourth-order valence-corrected chi connectivity index (χ4v) is 4.61. The largest absolute Gasteiger partial charge is 0.508 e. The lowest BCUT2D eigenvalue weighted by atomic mass is 9.91. The molecule has 1 atom stereocenters. The maximum atomic E-state index is 13.1. The first-order chi connectivity index (χ1) is 15.7. The highest BCUT2D eigenvalue weighted by atomic mass is 16.6. The number of nitrogens with zero attached hydrogens (tertiary/aromatic N) is 3. The van der Waals surface area contributed by atoms with Crippen LogP contribution in [0.1, 0.15) is 64.9 Å². The van der Waals surface area contributed by atoms with E-state index in [1.807, 2.05) is 50.8 Å². The summed E-state index contributed by atoms with van der Waals surface area (Å²) in [5.41, 5.74) is 0.395. The van der Waals surface area contributed by atoms with E-state index in [0.717, 1.165) is 57.0 Å². The van der Waals surface area contributed by atoms with Gasteiger partial charge in [-0.25, -0.2) is 4.79 Å². The average Bonchev–Trinajstić information content (AvgIpc) is 3.08. The van der Waals surface area contributed by atoms with Crippen molar-refractivity contribution in [2.45, 2.75) is 83.9 Å². The van der Waals surface area contributed by atoms with E-state index in [0.29, 0.717) is 12.3 Å². The van der Waals surface area contributed by atoms with Crippen molar-refractivity contribution in [2.24, 2.45) is 0 Å². The summed E-state index contributed by atoms with van der Waals surface area (Å²) in [5, 5.41) is 8.92. The smallest absolute Gasteiger partial charge is 0.410 e. The maximum absolute atomic E-state index is 13.1. The van der Waals surface area contributed by atoms with Gasteiger partial charge in [0, 0.05) is 38.8 Å². The summed E-state index contributed by atoms with van der Waals surface area (Å²) in [7, 11) is 0. The van der Waals surface area contributed by atoms with Crippen LogP contribution in [0.3, 0.4) is 0 Å². The molecule has 2 heterocycles. The van der Waals surface area contributed by atoms with Gasteiger partial charge in [-0.1, -0.05) is 24.6 Å². The van der Waals surface area contributed by atoms with Crippen LogP contribution < -0.4 is 0 Å². The minimum atomic E-state index is -0.529. The molecule has 1 aromatic carbocycles. The van der Waals surface area contributed by atoms with Gasteiger partial charge in [0.2, 0.25) is 5.91 Å². The highest BCUT2D eigenvalue weighted by molar-refractivity contribution is 5.86. The summed E-state index contributed by atoms with van der Waals surface area (Å²) in [4.78, 5) is 31.7. The topological polar surface area (TPSA) is 73.3 Å². The minimum Gasteiger partial charge on any atom is -0.508 e. The summed E-state index contributed by atoms with van der Waals surface area (Å²) in [5.74, 6) is 0.478. The molecule has 2 aliphatic heterocycles. The predicted octanol–water partition coefficient (Wildman–Crippen LogP) is 4.17. The first-order valence-electron chi connectivity index (χ1n) is 12.4. The number of aryl methyl sites for hydroxylation is 1. The van der Waals surface area contributed by atoms with Crippen LogP contribution in [0.2, 0.25) is 0 Å². The Bertz CT molecular complexity index is 782. The van der Waals surface area contributed by atoms with Gasteiger partial charge in [0.25, 0.3) is 0 Å². The lowest BCUT2D eigenvalue weighted by Gasteiger charge is -2.37. The van der Waals surface area contributed by atoms with Gasteiger partial charge in [-0.15, -0.1) is 0 Å². The molecule has 7 nitrogen and oxygen atoms in total. The van der Waals surface area contributed by atoms with E-state index in [1.165, 1.54) is 19.3 Å². The Morgan fingerprint density at radius 3 is 2.24 bits per heavy atom. The maximum Gasteiger partial charge on any atom is 0.410 e. The van der Waals surface area contributed by atoms with Crippen LogP contribution in [0.5, 0.6) is 5.75 Å². The van der Waals surface area contributed by atoms with Gasteiger partial charge in [-0.2, -0.15) is 0 Å². The number of likely N-dealkylation sites (tertiary alicyclic amines) is 1. The molecule has 7 heteroatoms. The second-order valence-corrected chi connectivity index (χ2v) is 10.4. The van der Waals surface area contributed by atoms with Crippen LogP contribution in [0.25, 0.3) is 0 Å². The lowest BCUT2D eigenvalue weighted by Crippen LogP contribution is -2.50. The van der Waals surface area contributed by atoms with Crippen LogP contribution in [0.4, 0.5) is 4.79 Å². The Balaban J connectivity index is 0.000000323. The lowest BCUT2D eigenvalue weighted by molar-refractivity contribution is -0.135. The molecule has 0 bridgehead atoms. The Hall–Kier alpha value is -2.28. The second-order valence-electron chi connectivity index (χ2n) is 10.4. The van der Waals surface area contributed by atoms with Gasteiger partial charge in [0.15, 0.2) is 0 Å². The fourth-order valence-electron chi connectivity index (χ4n) is 4.61. The molecule has 3 aliphatic rings.